The van der Waals surface area contributed by atoms with E-state index < -0.39 is 0 Å². The Bertz CT molecular complexity index is 351. The van der Waals surface area contributed by atoms with Crippen molar-refractivity contribution in [3.8, 4) is 0 Å². The molecular formula is C15H27N3O2. The molecule has 2 rings (SSSR count). The first-order valence-corrected chi connectivity index (χ1v) is 7.86. The van der Waals surface area contributed by atoms with Crippen LogP contribution in [-0.2, 0) is 9.59 Å². The van der Waals surface area contributed by atoms with Gasteiger partial charge in [0.2, 0.25) is 11.8 Å². The molecule has 1 saturated heterocycles. The van der Waals surface area contributed by atoms with Gasteiger partial charge in [-0.15, -0.1) is 0 Å². The summed E-state index contributed by atoms with van der Waals surface area (Å²) >= 11 is 0. The number of amides is 2. The van der Waals surface area contributed by atoms with Gasteiger partial charge in [-0.3, -0.25) is 9.59 Å². The van der Waals surface area contributed by atoms with Gasteiger partial charge in [0.15, 0.2) is 0 Å². The van der Waals surface area contributed by atoms with E-state index in [-0.39, 0.29) is 23.8 Å². The predicted molar refractivity (Wildman–Crippen MR) is 77.9 cm³/mol. The minimum Gasteiger partial charge on any atom is -0.356 e. The molecule has 0 radical (unpaired) electrons. The van der Waals surface area contributed by atoms with Crippen LogP contribution in [0, 0.1) is 11.8 Å². The van der Waals surface area contributed by atoms with Crippen molar-refractivity contribution in [3.05, 3.63) is 0 Å². The molecule has 1 saturated carbocycles. The van der Waals surface area contributed by atoms with Crippen LogP contribution in [0.4, 0.5) is 0 Å². The quantitative estimate of drug-likeness (QED) is 0.806. The molecule has 0 aromatic heterocycles. The number of nitrogens with zero attached hydrogens (tertiary/aromatic N) is 1. The maximum atomic E-state index is 12.5. The third-order valence-corrected chi connectivity index (χ3v) is 4.70. The molecule has 114 valence electrons. The topological polar surface area (TPSA) is 75.4 Å². The molecule has 5 heteroatoms. The fourth-order valence-corrected chi connectivity index (χ4v) is 3.35. The van der Waals surface area contributed by atoms with Gasteiger partial charge >= 0.3 is 0 Å². The summed E-state index contributed by atoms with van der Waals surface area (Å²) in [5.74, 6) is 0.825. The van der Waals surface area contributed by atoms with Crippen LogP contribution in [-0.4, -0.2) is 42.4 Å². The molecule has 1 aliphatic carbocycles. The maximum Gasteiger partial charge on any atom is 0.227 e. The van der Waals surface area contributed by atoms with Gasteiger partial charge in [-0.1, -0.05) is 12.8 Å². The molecule has 2 amide bonds. The fourth-order valence-electron chi connectivity index (χ4n) is 3.35. The van der Waals surface area contributed by atoms with Gasteiger partial charge in [-0.05, 0) is 31.6 Å². The number of piperidine rings is 1. The minimum absolute atomic E-state index is 0.0247. The number of nitrogens with one attached hydrogen (secondary N) is 1. The molecular weight excluding hydrogens is 254 g/mol. The summed E-state index contributed by atoms with van der Waals surface area (Å²) in [6.07, 6.45) is 6.18. The zero-order valence-corrected chi connectivity index (χ0v) is 12.4. The van der Waals surface area contributed by atoms with Crippen LogP contribution in [0.2, 0.25) is 0 Å². The average molecular weight is 281 g/mol. The molecule has 2 fully saturated rings. The Labute approximate surface area is 121 Å². The molecule has 3 N–H and O–H groups in total. The van der Waals surface area contributed by atoms with Crippen molar-refractivity contribution in [1.29, 1.82) is 0 Å². The summed E-state index contributed by atoms with van der Waals surface area (Å²) in [6.45, 7) is 3.90. The van der Waals surface area contributed by atoms with E-state index in [9.17, 15) is 9.59 Å². The lowest BCUT2D eigenvalue weighted by atomic mass is 9.83. The number of rotatable bonds is 3. The number of nitrogens with two attached hydrogens (primary N) is 1. The van der Waals surface area contributed by atoms with Gasteiger partial charge in [0.25, 0.3) is 0 Å². The number of carbonyl (C=O) groups is 2. The van der Waals surface area contributed by atoms with Gasteiger partial charge in [0.1, 0.15) is 0 Å². The molecule has 0 spiro atoms. The summed E-state index contributed by atoms with van der Waals surface area (Å²) in [4.78, 5) is 25.4. The lowest BCUT2D eigenvalue weighted by molar-refractivity contribution is -0.138. The molecule has 0 bridgehead atoms. The van der Waals surface area contributed by atoms with Gasteiger partial charge in [0.05, 0.1) is 5.92 Å². The molecule has 1 aliphatic heterocycles. The molecule has 2 atom stereocenters. The maximum absolute atomic E-state index is 12.5. The Hall–Kier alpha value is -1.10. The van der Waals surface area contributed by atoms with Gasteiger partial charge in [0, 0.05) is 32.6 Å². The van der Waals surface area contributed by atoms with Crippen LogP contribution in [0.5, 0.6) is 0 Å². The first-order valence-electron chi connectivity index (χ1n) is 7.86. The standard InChI is InChI=1S/C15H27N3O2/c1-11(19)17-10-12-6-8-18(9-7-12)15(20)13-4-2-3-5-14(13)16/h12-14H,2-10,16H2,1H3,(H,17,19). The van der Waals surface area contributed by atoms with Crippen molar-refractivity contribution in [3.63, 3.8) is 0 Å². The van der Waals surface area contributed by atoms with Crippen LogP contribution in [0.1, 0.15) is 45.4 Å². The zero-order chi connectivity index (χ0) is 14.5. The highest BCUT2D eigenvalue weighted by atomic mass is 16.2. The van der Waals surface area contributed by atoms with Crippen molar-refractivity contribution in [2.24, 2.45) is 17.6 Å². The largest absolute Gasteiger partial charge is 0.356 e. The molecule has 0 aromatic carbocycles. The Morgan fingerprint density at radius 2 is 1.80 bits per heavy atom. The summed E-state index contributed by atoms with van der Waals surface area (Å²) in [6, 6.07) is 0.0494. The predicted octanol–water partition coefficient (Wildman–Crippen LogP) is 0.879. The van der Waals surface area contributed by atoms with Crippen molar-refractivity contribution in [1.82, 2.24) is 10.2 Å². The van der Waals surface area contributed by atoms with E-state index in [2.05, 4.69) is 5.32 Å². The molecule has 5 nitrogen and oxygen atoms in total. The van der Waals surface area contributed by atoms with Crippen molar-refractivity contribution in [2.45, 2.75) is 51.5 Å². The highest BCUT2D eigenvalue weighted by Crippen LogP contribution is 2.26. The van der Waals surface area contributed by atoms with E-state index in [4.69, 9.17) is 5.73 Å². The summed E-state index contributed by atoms with van der Waals surface area (Å²) < 4.78 is 0. The van der Waals surface area contributed by atoms with Crippen LogP contribution >= 0.6 is 0 Å². The van der Waals surface area contributed by atoms with E-state index in [1.165, 1.54) is 0 Å². The van der Waals surface area contributed by atoms with Crippen molar-refractivity contribution >= 4 is 11.8 Å². The third-order valence-electron chi connectivity index (χ3n) is 4.70. The third kappa shape index (κ3) is 3.95. The Morgan fingerprint density at radius 3 is 2.40 bits per heavy atom. The minimum atomic E-state index is 0.0247. The lowest BCUT2D eigenvalue weighted by Crippen LogP contribution is -2.49. The Kier molecular flexibility index (Phi) is 5.40. The second kappa shape index (κ2) is 7.07. The second-order valence-corrected chi connectivity index (χ2v) is 6.26. The summed E-state index contributed by atoms with van der Waals surface area (Å²) in [7, 11) is 0. The van der Waals surface area contributed by atoms with Crippen molar-refractivity contribution < 1.29 is 9.59 Å². The SMILES string of the molecule is CC(=O)NCC1CCN(C(=O)C2CCCCC2N)CC1. The molecule has 2 aliphatic rings. The second-order valence-electron chi connectivity index (χ2n) is 6.26. The molecule has 20 heavy (non-hydrogen) atoms. The van der Waals surface area contributed by atoms with E-state index in [0.717, 1.165) is 58.2 Å². The van der Waals surface area contributed by atoms with E-state index in [1.54, 1.807) is 6.92 Å². The van der Waals surface area contributed by atoms with Gasteiger partial charge in [-0.25, -0.2) is 0 Å². The van der Waals surface area contributed by atoms with Crippen LogP contribution in [0.15, 0.2) is 0 Å². The van der Waals surface area contributed by atoms with Gasteiger partial charge in [-0.2, -0.15) is 0 Å². The van der Waals surface area contributed by atoms with E-state index >= 15 is 0 Å². The highest BCUT2D eigenvalue weighted by Gasteiger charge is 2.33. The smallest absolute Gasteiger partial charge is 0.227 e. The number of hydrogen-bond acceptors (Lipinski definition) is 3. The van der Waals surface area contributed by atoms with E-state index in [1.807, 2.05) is 4.90 Å². The van der Waals surface area contributed by atoms with E-state index in [0.29, 0.717) is 5.92 Å². The summed E-state index contributed by atoms with van der Waals surface area (Å²) in [5, 5.41) is 2.87. The summed E-state index contributed by atoms with van der Waals surface area (Å²) in [5.41, 5.74) is 6.10. The van der Waals surface area contributed by atoms with Crippen LogP contribution in [0.3, 0.4) is 0 Å². The Balaban J connectivity index is 1.78. The number of hydrogen-bond donors (Lipinski definition) is 2. The number of likely N-dealkylation sites (tertiary alicyclic amines) is 1. The van der Waals surface area contributed by atoms with Gasteiger partial charge < -0.3 is 16.0 Å². The van der Waals surface area contributed by atoms with Crippen LogP contribution in [0.25, 0.3) is 0 Å². The zero-order valence-electron chi connectivity index (χ0n) is 12.4. The number of carbonyl (C=O) groups excluding carboxylic acids is 2. The average Bonchev–Trinajstić information content (AvgIpc) is 2.45. The molecule has 0 aromatic rings. The molecule has 1 heterocycles. The molecule has 2 unspecified atom stereocenters. The Morgan fingerprint density at radius 1 is 1.15 bits per heavy atom. The monoisotopic (exact) mass is 281 g/mol. The lowest BCUT2D eigenvalue weighted by Gasteiger charge is -2.37. The normalized spacial score (nSPS) is 28.2. The first kappa shape index (κ1) is 15.3. The highest BCUT2D eigenvalue weighted by molar-refractivity contribution is 5.79. The van der Waals surface area contributed by atoms with Crippen LogP contribution < -0.4 is 11.1 Å². The first-order chi connectivity index (χ1) is 9.58. The fraction of sp³-hybridized carbons (Fsp3) is 0.867. The van der Waals surface area contributed by atoms with Crippen molar-refractivity contribution in [2.75, 3.05) is 19.6 Å².